The van der Waals surface area contributed by atoms with Gasteiger partial charge in [-0.15, -0.1) is 0 Å². The third kappa shape index (κ3) is 5.18. The zero-order valence-electron chi connectivity index (χ0n) is 9.60. The predicted molar refractivity (Wildman–Crippen MR) is 54.9 cm³/mol. The molecule has 0 atom stereocenters. The average molecular weight is 232 g/mol. The molecule has 0 aromatic rings. The largest absolute Gasteiger partial charge is 0.480 e. The van der Waals surface area contributed by atoms with Crippen molar-refractivity contribution >= 4 is 18.0 Å². The van der Waals surface area contributed by atoms with Crippen LogP contribution in [0.25, 0.3) is 0 Å². The van der Waals surface area contributed by atoms with Crippen molar-refractivity contribution in [3.8, 4) is 0 Å². The highest BCUT2D eigenvalue weighted by molar-refractivity contribution is 5.83. The van der Waals surface area contributed by atoms with E-state index in [9.17, 15) is 14.4 Å². The molecule has 16 heavy (non-hydrogen) atoms. The van der Waals surface area contributed by atoms with Gasteiger partial charge in [0.1, 0.15) is 13.1 Å². The third-order valence-corrected chi connectivity index (χ3v) is 1.70. The highest BCUT2D eigenvalue weighted by atomic mass is 16.5. The molecule has 0 heterocycles. The van der Waals surface area contributed by atoms with Gasteiger partial charge in [-0.1, -0.05) is 0 Å². The maximum absolute atomic E-state index is 11.5. The van der Waals surface area contributed by atoms with Crippen LogP contribution in [0.1, 0.15) is 6.92 Å². The summed E-state index contributed by atoms with van der Waals surface area (Å²) in [6, 6.07) is -0.546. The molecule has 0 bridgehead atoms. The van der Waals surface area contributed by atoms with E-state index in [1.165, 1.54) is 14.1 Å². The minimum atomic E-state index is -1.11. The molecule has 7 heteroatoms. The van der Waals surface area contributed by atoms with Gasteiger partial charge in [-0.05, 0) is 6.92 Å². The summed E-state index contributed by atoms with van der Waals surface area (Å²) < 4.78 is 4.66. The molecule has 0 saturated carbocycles. The average Bonchev–Trinajstić information content (AvgIpc) is 2.15. The molecular weight excluding hydrogens is 216 g/mol. The predicted octanol–water partition coefficient (Wildman–Crippen LogP) is -0.382. The molecule has 0 aliphatic rings. The number of carbonyl (C=O) groups is 3. The van der Waals surface area contributed by atoms with Gasteiger partial charge in [0.15, 0.2) is 0 Å². The van der Waals surface area contributed by atoms with Gasteiger partial charge in [0.2, 0.25) is 0 Å². The lowest BCUT2D eigenvalue weighted by Gasteiger charge is -2.22. The molecule has 0 aromatic carbocycles. The zero-order chi connectivity index (χ0) is 12.7. The number of nitrogens with zero attached hydrogens (tertiary/aromatic N) is 2. The van der Waals surface area contributed by atoms with Crippen molar-refractivity contribution in [2.45, 2.75) is 6.92 Å². The Bertz CT molecular complexity index is 279. The number of esters is 1. The van der Waals surface area contributed by atoms with E-state index in [0.717, 1.165) is 9.80 Å². The lowest BCUT2D eigenvalue weighted by atomic mass is 10.5. The Balaban J connectivity index is 4.16. The Morgan fingerprint density at radius 2 is 1.62 bits per heavy atom. The summed E-state index contributed by atoms with van der Waals surface area (Å²) in [5, 5.41) is 8.48. The lowest BCUT2D eigenvalue weighted by Crippen LogP contribution is -2.43. The van der Waals surface area contributed by atoms with Crippen LogP contribution in [0.3, 0.4) is 0 Å². The normalized spacial score (nSPS) is 9.44. The second-order valence-corrected chi connectivity index (χ2v) is 3.19. The summed E-state index contributed by atoms with van der Waals surface area (Å²) in [5.41, 5.74) is 0. The summed E-state index contributed by atoms with van der Waals surface area (Å²) in [5.74, 6) is -1.64. The van der Waals surface area contributed by atoms with E-state index in [4.69, 9.17) is 5.11 Å². The SMILES string of the molecule is CCOC(=O)CN(C)C(=O)N(C)CC(=O)O. The fourth-order valence-electron chi connectivity index (χ4n) is 1.03. The number of aliphatic carboxylic acids is 1. The minimum absolute atomic E-state index is 0.198. The van der Waals surface area contributed by atoms with Crippen LogP contribution in [0.4, 0.5) is 4.79 Å². The molecule has 0 aliphatic heterocycles. The van der Waals surface area contributed by atoms with Crippen molar-refractivity contribution in [3.05, 3.63) is 0 Å². The van der Waals surface area contributed by atoms with Crippen LogP contribution in [0, 0.1) is 0 Å². The fourth-order valence-corrected chi connectivity index (χ4v) is 1.03. The fraction of sp³-hybridized carbons (Fsp3) is 0.667. The van der Waals surface area contributed by atoms with E-state index in [-0.39, 0.29) is 13.2 Å². The summed E-state index contributed by atoms with van der Waals surface area (Å²) in [6.45, 7) is 1.30. The van der Waals surface area contributed by atoms with Crippen LogP contribution in [0.2, 0.25) is 0 Å². The van der Waals surface area contributed by atoms with Gasteiger partial charge >= 0.3 is 18.0 Å². The van der Waals surface area contributed by atoms with Crippen molar-refractivity contribution in [3.63, 3.8) is 0 Å². The Kier molecular flexibility index (Phi) is 5.91. The highest BCUT2D eigenvalue weighted by Gasteiger charge is 2.18. The first-order valence-corrected chi connectivity index (χ1v) is 4.72. The minimum Gasteiger partial charge on any atom is -0.480 e. The molecule has 0 aliphatic carbocycles. The van der Waals surface area contributed by atoms with Crippen LogP contribution in [0.15, 0.2) is 0 Å². The molecular formula is C9H16N2O5. The first-order chi connectivity index (χ1) is 7.38. The standard InChI is InChI=1S/C9H16N2O5/c1-4-16-8(14)6-11(3)9(15)10(2)5-7(12)13/h4-6H2,1-3H3,(H,12,13). The lowest BCUT2D eigenvalue weighted by molar-refractivity contribution is -0.143. The van der Waals surface area contributed by atoms with Crippen molar-refractivity contribution in [2.24, 2.45) is 0 Å². The van der Waals surface area contributed by atoms with Gasteiger partial charge in [-0.25, -0.2) is 4.79 Å². The van der Waals surface area contributed by atoms with Crippen molar-refractivity contribution in [2.75, 3.05) is 33.8 Å². The number of hydrogen-bond acceptors (Lipinski definition) is 4. The number of carbonyl (C=O) groups excluding carboxylic acids is 2. The Hall–Kier alpha value is -1.79. The number of hydrogen-bond donors (Lipinski definition) is 1. The molecule has 0 unspecified atom stereocenters. The number of ether oxygens (including phenoxy) is 1. The van der Waals surface area contributed by atoms with Crippen LogP contribution in [-0.2, 0) is 14.3 Å². The van der Waals surface area contributed by atoms with Crippen LogP contribution >= 0.6 is 0 Å². The van der Waals surface area contributed by atoms with Gasteiger partial charge in [-0.2, -0.15) is 0 Å². The Morgan fingerprint density at radius 3 is 2.06 bits per heavy atom. The maximum Gasteiger partial charge on any atom is 0.325 e. The molecule has 0 saturated heterocycles. The van der Waals surface area contributed by atoms with Crippen molar-refractivity contribution in [1.82, 2.24) is 9.80 Å². The molecule has 0 spiro atoms. The smallest absolute Gasteiger partial charge is 0.325 e. The second-order valence-electron chi connectivity index (χ2n) is 3.19. The second kappa shape index (κ2) is 6.65. The van der Waals surface area contributed by atoms with E-state index in [1.807, 2.05) is 0 Å². The number of likely N-dealkylation sites (N-methyl/N-ethyl adjacent to an activating group) is 2. The third-order valence-electron chi connectivity index (χ3n) is 1.70. The molecule has 1 N–H and O–H groups in total. The van der Waals surface area contributed by atoms with Gasteiger partial charge in [0.25, 0.3) is 0 Å². The molecule has 2 amide bonds. The van der Waals surface area contributed by atoms with Gasteiger partial charge in [0.05, 0.1) is 6.61 Å². The van der Waals surface area contributed by atoms with Crippen molar-refractivity contribution in [1.29, 1.82) is 0 Å². The Morgan fingerprint density at radius 1 is 1.12 bits per heavy atom. The van der Waals surface area contributed by atoms with Gasteiger partial charge in [-0.3, -0.25) is 9.59 Å². The zero-order valence-corrected chi connectivity index (χ0v) is 9.60. The molecule has 7 nitrogen and oxygen atoms in total. The van der Waals surface area contributed by atoms with E-state index in [1.54, 1.807) is 6.92 Å². The van der Waals surface area contributed by atoms with Crippen molar-refractivity contribution < 1.29 is 24.2 Å². The molecule has 92 valence electrons. The van der Waals surface area contributed by atoms with E-state index >= 15 is 0 Å². The topological polar surface area (TPSA) is 87.2 Å². The molecule has 0 aromatic heterocycles. The number of rotatable bonds is 5. The highest BCUT2D eigenvalue weighted by Crippen LogP contribution is 1.94. The summed E-state index contributed by atoms with van der Waals surface area (Å²) in [6.07, 6.45) is 0. The number of amides is 2. The summed E-state index contributed by atoms with van der Waals surface area (Å²) in [4.78, 5) is 35.0. The van der Waals surface area contributed by atoms with Crippen LogP contribution in [0.5, 0.6) is 0 Å². The summed E-state index contributed by atoms with van der Waals surface area (Å²) >= 11 is 0. The number of carboxylic acids is 1. The first kappa shape index (κ1) is 14.2. The van der Waals surface area contributed by atoms with E-state index < -0.39 is 24.5 Å². The van der Waals surface area contributed by atoms with Crippen LogP contribution < -0.4 is 0 Å². The Labute approximate surface area is 93.6 Å². The van der Waals surface area contributed by atoms with Gasteiger partial charge < -0.3 is 19.6 Å². The van der Waals surface area contributed by atoms with E-state index in [2.05, 4.69) is 4.74 Å². The summed E-state index contributed by atoms with van der Waals surface area (Å²) in [7, 11) is 2.75. The van der Waals surface area contributed by atoms with E-state index in [0.29, 0.717) is 0 Å². The monoisotopic (exact) mass is 232 g/mol. The molecule has 0 fully saturated rings. The maximum atomic E-state index is 11.5. The first-order valence-electron chi connectivity index (χ1n) is 4.72. The number of carboxylic acid groups (broad SMARTS) is 1. The van der Waals surface area contributed by atoms with Gasteiger partial charge in [0, 0.05) is 14.1 Å². The molecule has 0 radical (unpaired) electrons. The molecule has 0 rings (SSSR count). The number of urea groups is 1. The van der Waals surface area contributed by atoms with Crippen LogP contribution in [-0.4, -0.2) is 66.7 Å². The quantitative estimate of drug-likeness (QED) is 0.653.